The minimum atomic E-state index is -0.952. The summed E-state index contributed by atoms with van der Waals surface area (Å²) in [5.41, 5.74) is 9.18. The second-order valence-corrected chi connectivity index (χ2v) is 19.0. The van der Waals surface area contributed by atoms with Gasteiger partial charge in [-0.1, -0.05) is 69.3 Å². The molecule has 1 aliphatic rings. The summed E-state index contributed by atoms with van der Waals surface area (Å²) in [6, 6.07) is 24.7. The first kappa shape index (κ1) is 46.2. The second-order valence-electron chi connectivity index (χ2n) is 17.1. The molecule has 14 nitrogen and oxygen atoms in total. The lowest BCUT2D eigenvalue weighted by Gasteiger charge is -2.35. The van der Waals surface area contributed by atoms with Crippen LogP contribution in [-0.2, 0) is 30.4 Å². The smallest absolute Gasteiger partial charge is 0.246 e. The van der Waals surface area contributed by atoms with Crippen LogP contribution in [-0.4, -0.2) is 114 Å². The number of ether oxygens (including phenoxy) is 2. The number of aryl methyl sites for hydroxylation is 1. The summed E-state index contributed by atoms with van der Waals surface area (Å²) < 4.78 is 12.4. The first-order chi connectivity index (χ1) is 30.7. The Balaban J connectivity index is 0.815. The van der Waals surface area contributed by atoms with Gasteiger partial charge >= 0.3 is 0 Å². The lowest BCUT2D eigenvalue weighted by atomic mass is 9.85. The number of fused-ring (bicyclic) bond motifs is 1. The van der Waals surface area contributed by atoms with Crippen molar-refractivity contribution in [2.75, 3.05) is 63.8 Å². The summed E-state index contributed by atoms with van der Waals surface area (Å²) in [4.78, 5) is 58.6. The number of aromatic nitrogens is 3. The molecule has 16 heteroatoms. The monoisotopic (exact) mass is 904 g/mol. The number of anilines is 2. The number of carbonyl (C=O) groups is 3. The minimum Gasteiger partial charge on any atom is -0.391 e. The van der Waals surface area contributed by atoms with Crippen molar-refractivity contribution in [2.45, 2.75) is 58.8 Å². The molecule has 336 valence electrons. The number of likely N-dealkylation sites (tertiary alicyclic amines) is 1. The van der Waals surface area contributed by atoms with Crippen LogP contribution in [0.3, 0.4) is 0 Å². The summed E-state index contributed by atoms with van der Waals surface area (Å²) in [5, 5.41) is 20.7. The third kappa shape index (κ3) is 11.7. The lowest BCUT2D eigenvalue weighted by Crippen LogP contribution is -2.58. The Bertz CT molecular complexity index is 2520. The largest absolute Gasteiger partial charge is 0.391 e. The van der Waals surface area contributed by atoms with Gasteiger partial charge in [-0.15, -0.1) is 22.7 Å². The number of hydrogen-bond acceptors (Lipinski definition) is 13. The number of carbonyl (C=O) groups excluding carboxylic acids is 3. The summed E-state index contributed by atoms with van der Waals surface area (Å²) >= 11 is 3.22. The van der Waals surface area contributed by atoms with Crippen molar-refractivity contribution in [3.8, 4) is 32.1 Å². The molecule has 0 bridgehead atoms. The number of thiazole rings is 2. The van der Waals surface area contributed by atoms with Crippen molar-refractivity contribution in [1.82, 2.24) is 30.5 Å². The highest BCUT2D eigenvalue weighted by Crippen LogP contribution is 2.34. The molecule has 6 aromatic rings. The third-order valence-corrected chi connectivity index (χ3v) is 13.0. The summed E-state index contributed by atoms with van der Waals surface area (Å²) in [6.07, 6.45) is 1.14. The molecule has 64 heavy (non-hydrogen) atoms. The summed E-state index contributed by atoms with van der Waals surface area (Å²) in [7, 11) is 3.95. The molecule has 3 amide bonds. The van der Waals surface area contributed by atoms with E-state index < -0.39 is 35.4 Å². The molecule has 1 saturated heterocycles. The van der Waals surface area contributed by atoms with Gasteiger partial charge < -0.3 is 40.3 Å². The number of aliphatic hydroxyl groups excluding tert-OH is 1. The van der Waals surface area contributed by atoms with Crippen molar-refractivity contribution >= 4 is 62.1 Å². The molecule has 0 radical (unpaired) electrons. The number of β-amino-alcohol motifs (C(OH)–C–C–N with tert-alkyl or cyclic N) is 1. The number of benzene rings is 3. The number of aliphatic hydroxyl groups is 1. The van der Waals surface area contributed by atoms with Crippen molar-refractivity contribution in [3.63, 3.8) is 0 Å². The van der Waals surface area contributed by atoms with E-state index >= 15 is 0 Å². The molecule has 3 atom stereocenters. The van der Waals surface area contributed by atoms with Crippen LogP contribution in [0.25, 0.3) is 42.4 Å². The van der Waals surface area contributed by atoms with Crippen LogP contribution in [0.5, 0.6) is 0 Å². The summed E-state index contributed by atoms with van der Waals surface area (Å²) in [5.74, 6) is -0.339. The van der Waals surface area contributed by atoms with Crippen LogP contribution >= 0.6 is 22.7 Å². The Kier molecular flexibility index (Phi) is 15.0. The maximum absolute atomic E-state index is 14.0. The molecule has 3 aromatic carbocycles. The first-order valence-corrected chi connectivity index (χ1v) is 23.0. The van der Waals surface area contributed by atoms with E-state index in [0.29, 0.717) is 13.2 Å². The highest BCUT2D eigenvalue weighted by Gasteiger charge is 2.44. The number of pyridine rings is 1. The van der Waals surface area contributed by atoms with Crippen LogP contribution in [0.1, 0.15) is 38.4 Å². The molecule has 7 rings (SSSR count). The first-order valence-electron chi connectivity index (χ1n) is 21.3. The Morgan fingerprint density at radius 2 is 1.62 bits per heavy atom. The van der Waals surface area contributed by atoms with Crippen LogP contribution in [0.4, 0.5) is 11.5 Å². The maximum Gasteiger partial charge on any atom is 0.246 e. The van der Waals surface area contributed by atoms with Gasteiger partial charge in [-0.2, -0.15) is 0 Å². The van der Waals surface area contributed by atoms with Crippen molar-refractivity contribution in [3.05, 3.63) is 102 Å². The van der Waals surface area contributed by atoms with Crippen molar-refractivity contribution < 1.29 is 29.0 Å². The number of nitrogens with one attached hydrogen (secondary N) is 3. The molecule has 1 fully saturated rings. The van der Waals surface area contributed by atoms with Gasteiger partial charge in [-0.3, -0.25) is 14.4 Å². The zero-order valence-corrected chi connectivity index (χ0v) is 38.7. The zero-order chi connectivity index (χ0) is 45.4. The highest BCUT2D eigenvalue weighted by atomic mass is 32.1. The SMILES string of the molecule is Cc1ncsc1-c1ccc(CNC(=O)[C@@H]2C[C@@H](O)CN2C(=O)[C@@H](NC(=O)COCCOCCNc2ccc3nc(-c4ccc(-c5ccc(N(C)C)nc5)cc4)sc3c2)C(C)(C)C)cc1. The molecular weight excluding hydrogens is 849 g/mol. The van der Waals surface area contributed by atoms with E-state index in [1.807, 2.05) is 101 Å². The zero-order valence-electron chi connectivity index (χ0n) is 37.1. The number of hydrogen-bond donors (Lipinski definition) is 4. The van der Waals surface area contributed by atoms with Gasteiger partial charge in [-0.25, -0.2) is 15.0 Å². The van der Waals surface area contributed by atoms with Gasteiger partial charge in [0.25, 0.3) is 0 Å². The molecule has 1 aliphatic heterocycles. The fourth-order valence-corrected chi connectivity index (χ4v) is 9.24. The van der Waals surface area contributed by atoms with E-state index in [-0.39, 0.29) is 45.2 Å². The van der Waals surface area contributed by atoms with Crippen LogP contribution in [0.2, 0.25) is 0 Å². The van der Waals surface area contributed by atoms with Gasteiger partial charge in [0, 0.05) is 63.2 Å². The van der Waals surface area contributed by atoms with Gasteiger partial charge in [0.05, 0.1) is 52.2 Å². The molecule has 0 unspecified atom stereocenters. The van der Waals surface area contributed by atoms with Gasteiger partial charge in [-0.05, 0) is 59.4 Å². The van der Waals surface area contributed by atoms with Crippen LogP contribution < -0.4 is 20.9 Å². The van der Waals surface area contributed by atoms with Crippen LogP contribution in [0, 0.1) is 12.3 Å². The Labute approximate surface area is 382 Å². The van der Waals surface area contributed by atoms with E-state index in [1.165, 1.54) is 4.90 Å². The third-order valence-electron chi connectivity index (χ3n) is 11.0. The molecule has 0 aliphatic carbocycles. The average molecular weight is 905 g/mol. The van der Waals surface area contributed by atoms with E-state index in [2.05, 4.69) is 62.3 Å². The topological polar surface area (TPSA) is 171 Å². The van der Waals surface area contributed by atoms with Crippen LogP contribution in [0.15, 0.2) is 90.6 Å². The van der Waals surface area contributed by atoms with Crippen molar-refractivity contribution in [1.29, 1.82) is 0 Å². The highest BCUT2D eigenvalue weighted by molar-refractivity contribution is 7.21. The predicted octanol–water partition coefficient (Wildman–Crippen LogP) is 6.78. The normalized spacial score (nSPS) is 15.6. The van der Waals surface area contributed by atoms with E-state index in [0.717, 1.165) is 65.1 Å². The second kappa shape index (κ2) is 20.8. The Morgan fingerprint density at radius 3 is 2.31 bits per heavy atom. The molecule has 4 heterocycles. The minimum absolute atomic E-state index is 0.00627. The molecular formula is C48H56N8O6S2. The number of nitrogens with zero attached hydrogens (tertiary/aromatic N) is 5. The average Bonchev–Trinajstić information content (AvgIpc) is 4.03. The van der Waals surface area contributed by atoms with Crippen molar-refractivity contribution in [2.24, 2.45) is 5.41 Å². The molecule has 3 aromatic heterocycles. The quantitative estimate of drug-likeness (QED) is 0.0671. The Hall–Kier alpha value is -5.78. The molecule has 4 N–H and O–H groups in total. The fourth-order valence-electron chi connectivity index (χ4n) is 7.42. The van der Waals surface area contributed by atoms with Gasteiger partial charge in [0.15, 0.2) is 0 Å². The van der Waals surface area contributed by atoms with E-state index in [4.69, 9.17) is 14.5 Å². The standard InChI is InChI=1S/C48H56N8O6S2/c1-30-43(63-29-52-30)33-9-7-31(8-10-33)25-51-45(59)39-24-37(57)27-56(39)47(60)44(48(2,3)4)54-42(58)28-62-22-21-61-20-19-49-36-16-17-38-40(23-36)64-46(53-38)34-13-11-32(12-14-34)35-15-18-41(50-26-35)55(5)6/h7-18,23,26,29,37,39,44,49,57H,19-22,24-25,27-28H2,1-6H3,(H,51,59)(H,54,58)/t37-,39+,44-/m1/s1. The number of amides is 3. The van der Waals surface area contributed by atoms with E-state index in [1.54, 1.807) is 22.7 Å². The lowest BCUT2D eigenvalue weighted by molar-refractivity contribution is -0.144. The van der Waals surface area contributed by atoms with Gasteiger partial charge in [0.1, 0.15) is 29.5 Å². The van der Waals surface area contributed by atoms with E-state index in [9.17, 15) is 19.5 Å². The number of rotatable bonds is 18. The Morgan fingerprint density at radius 1 is 0.906 bits per heavy atom. The fraction of sp³-hybridized carbons (Fsp3) is 0.375. The molecule has 0 spiro atoms. The summed E-state index contributed by atoms with van der Waals surface area (Å²) in [6.45, 7) is 8.96. The molecule has 0 saturated carbocycles. The maximum atomic E-state index is 14.0. The van der Waals surface area contributed by atoms with Gasteiger partial charge in [0.2, 0.25) is 17.7 Å². The predicted molar refractivity (Wildman–Crippen MR) is 254 cm³/mol.